The number of aliphatic hydroxyl groups is 1. The first-order chi connectivity index (χ1) is 10.8. The summed E-state index contributed by atoms with van der Waals surface area (Å²) in [6.45, 7) is 2.65. The van der Waals surface area contributed by atoms with E-state index in [2.05, 4.69) is 0 Å². The topological polar surface area (TPSA) is 43.8 Å². The molecule has 1 aromatic rings. The van der Waals surface area contributed by atoms with Gasteiger partial charge in [0.1, 0.15) is 6.04 Å². The zero-order valence-electron chi connectivity index (χ0n) is 14.9. The Labute approximate surface area is 140 Å². The van der Waals surface area contributed by atoms with Gasteiger partial charge in [0.05, 0.1) is 5.60 Å². The van der Waals surface area contributed by atoms with Crippen molar-refractivity contribution in [2.24, 2.45) is 0 Å². The van der Waals surface area contributed by atoms with Crippen molar-refractivity contribution < 1.29 is 9.90 Å². The fourth-order valence-corrected chi connectivity index (χ4v) is 3.39. The minimum absolute atomic E-state index is 0.0838. The molecule has 1 N–H and O–H groups in total. The van der Waals surface area contributed by atoms with Crippen LogP contribution in [0.2, 0.25) is 0 Å². The third-order valence-electron chi connectivity index (χ3n) is 4.97. The highest BCUT2D eigenvalue weighted by Crippen LogP contribution is 2.32. The average Bonchev–Trinajstić information content (AvgIpc) is 2.94. The van der Waals surface area contributed by atoms with Gasteiger partial charge in [0.25, 0.3) is 0 Å². The maximum absolute atomic E-state index is 12.9. The minimum Gasteiger partial charge on any atom is -0.390 e. The summed E-state index contributed by atoms with van der Waals surface area (Å²) in [6, 6.07) is 7.85. The summed E-state index contributed by atoms with van der Waals surface area (Å²) >= 11 is 0. The van der Waals surface area contributed by atoms with Crippen molar-refractivity contribution in [3.63, 3.8) is 0 Å². The Morgan fingerprint density at radius 3 is 2.26 bits per heavy atom. The van der Waals surface area contributed by atoms with Crippen molar-refractivity contribution in [2.75, 3.05) is 27.7 Å². The average molecular weight is 318 g/mol. The van der Waals surface area contributed by atoms with Crippen molar-refractivity contribution in [3.05, 3.63) is 35.4 Å². The van der Waals surface area contributed by atoms with Crippen LogP contribution in [0.4, 0.5) is 0 Å². The quantitative estimate of drug-likeness (QED) is 0.877. The molecule has 0 aliphatic heterocycles. The number of hydrogen-bond acceptors (Lipinski definition) is 3. The van der Waals surface area contributed by atoms with Gasteiger partial charge in [-0.15, -0.1) is 0 Å². The molecule has 128 valence electrons. The predicted molar refractivity (Wildman–Crippen MR) is 93.3 cm³/mol. The van der Waals surface area contributed by atoms with Crippen LogP contribution in [0.3, 0.4) is 0 Å². The van der Waals surface area contributed by atoms with E-state index < -0.39 is 5.60 Å². The van der Waals surface area contributed by atoms with Gasteiger partial charge in [-0.1, -0.05) is 42.7 Å². The summed E-state index contributed by atoms with van der Waals surface area (Å²) in [4.78, 5) is 16.6. The second kappa shape index (κ2) is 7.45. The lowest BCUT2D eigenvalue weighted by Gasteiger charge is -2.31. The zero-order valence-corrected chi connectivity index (χ0v) is 14.9. The highest BCUT2D eigenvalue weighted by atomic mass is 16.3. The number of nitrogens with zero attached hydrogens (tertiary/aromatic N) is 2. The maximum Gasteiger partial charge on any atom is 0.244 e. The Balaban J connectivity index is 2.03. The fraction of sp³-hybridized carbons (Fsp3) is 0.632. The van der Waals surface area contributed by atoms with Crippen LogP contribution in [0.5, 0.6) is 0 Å². The van der Waals surface area contributed by atoms with Gasteiger partial charge in [0.15, 0.2) is 0 Å². The van der Waals surface area contributed by atoms with Gasteiger partial charge in [0.2, 0.25) is 5.91 Å². The lowest BCUT2D eigenvalue weighted by atomic mass is 9.97. The van der Waals surface area contributed by atoms with Gasteiger partial charge in [-0.05, 0) is 45.8 Å². The highest BCUT2D eigenvalue weighted by Gasteiger charge is 2.32. The van der Waals surface area contributed by atoms with Crippen molar-refractivity contribution in [1.82, 2.24) is 9.80 Å². The maximum atomic E-state index is 12.9. The molecule has 1 amide bonds. The number of hydrogen-bond donors (Lipinski definition) is 1. The Bertz CT molecular complexity index is 519. The minimum atomic E-state index is -0.563. The number of benzene rings is 1. The van der Waals surface area contributed by atoms with Gasteiger partial charge in [-0.3, -0.25) is 9.69 Å². The molecule has 0 spiro atoms. The van der Waals surface area contributed by atoms with E-state index in [4.69, 9.17) is 0 Å². The molecule has 1 atom stereocenters. The van der Waals surface area contributed by atoms with E-state index in [1.54, 1.807) is 4.90 Å². The third-order valence-corrected chi connectivity index (χ3v) is 4.97. The molecule has 4 heteroatoms. The van der Waals surface area contributed by atoms with Crippen LogP contribution in [-0.4, -0.2) is 54.1 Å². The van der Waals surface area contributed by atoms with Crippen LogP contribution in [-0.2, 0) is 4.79 Å². The Hall–Kier alpha value is -1.39. The van der Waals surface area contributed by atoms with E-state index in [-0.39, 0.29) is 11.9 Å². The van der Waals surface area contributed by atoms with E-state index in [1.807, 2.05) is 57.2 Å². The van der Waals surface area contributed by atoms with Gasteiger partial charge < -0.3 is 10.0 Å². The normalized spacial score (nSPS) is 18.2. The van der Waals surface area contributed by atoms with Crippen molar-refractivity contribution in [3.8, 4) is 0 Å². The van der Waals surface area contributed by atoms with Gasteiger partial charge in [-0.25, -0.2) is 0 Å². The summed E-state index contributed by atoms with van der Waals surface area (Å²) < 4.78 is 0. The number of likely N-dealkylation sites (N-methyl/N-ethyl adjacent to an activating group) is 2. The first-order valence-corrected chi connectivity index (χ1v) is 8.53. The molecule has 1 aromatic carbocycles. The molecule has 0 unspecified atom stereocenters. The van der Waals surface area contributed by atoms with Crippen molar-refractivity contribution in [2.45, 2.75) is 50.7 Å². The fourth-order valence-electron chi connectivity index (χ4n) is 3.39. The smallest absolute Gasteiger partial charge is 0.244 e. The number of amides is 1. The zero-order chi connectivity index (χ0) is 17.0. The van der Waals surface area contributed by atoms with Gasteiger partial charge in [0, 0.05) is 13.6 Å². The lowest BCUT2D eigenvalue weighted by Crippen LogP contribution is -2.41. The summed E-state index contributed by atoms with van der Waals surface area (Å²) in [5.41, 5.74) is 1.64. The second-order valence-corrected chi connectivity index (χ2v) is 7.22. The predicted octanol–water partition coefficient (Wildman–Crippen LogP) is 2.75. The molecule has 0 radical (unpaired) electrons. The van der Waals surface area contributed by atoms with E-state index in [0.29, 0.717) is 13.0 Å². The largest absolute Gasteiger partial charge is 0.390 e. The molecule has 4 nitrogen and oxygen atoms in total. The molecular formula is C19H30N2O2. The van der Waals surface area contributed by atoms with Crippen LogP contribution in [0, 0.1) is 6.92 Å². The summed E-state index contributed by atoms with van der Waals surface area (Å²) in [6.07, 6.45) is 4.59. The molecule has 0 bridgehead atoms. The van der Waals surface area contributed by atoms with E-state index >= 15 is 0 Å². The summed E-state index contributed by atoms with van der Waals surface area (Å²) in [5.74, 6) is 0.0838. The number of aryl methyl sites for hydroxylation is 1. The highest BCUT2D eigenvalue weighted by molar-refractivity contribution is 5.83. The van der Waals surface area contributed by atoms with Crippen LogP contribution < -0.4 is 0 Å². The van der Waals surface area contributed by atoms with Crippen LogP contribution >= 0.6 is 0 Å². The molecule has 0 heterocycles. The summed E-state index contributed by atoms with van der Waals surface area (Å²) in [5, 5.41) is 10.5. The molecule has 2 rings (SSSR count). The van der Waals surface area contributed by atoms with Crippen LogP contribution in [0.1, 0.15) is 49.3 Å². The van der Waals surface area contributed by atoms with Gasteiger partial charge >= 0.3 is 0 Å². The third kappa shape index (κ3) is 4.55. The number of carbonyl (C=O) groups is 1. The van der Waals surface area contributed by atoms with Crippen LogP contribution in [0.25, 0.3) is 0 Å². The number of rotatable bonds is 6. The molecule has 1 aliphatic rings. The van der Waals surface area contributed by atoms with Gasteiger partial charge in [-0.2, -0.15) is 0 Å². The summed E-state index contributed by atoms with van der Waals surface area (Å²) in [7, 11) is 5.70. The second-order valence-electron chi connectivity index (χ2n) is 7.22. The SMILES string of the molecule is Cc1ccc([C@H](C(=O)N(C)CCC2(O)CCCC2)N(C)C)cc1. The molecule has 1 saturated carbocycles. The Kier molecular flexibility index (Phi) is 5.82. The van der Waals surface area contributed by atoms with E-state index in [9.17, 15) is 9.90 Å². The molecule has 0 aromatic heterocycles. The molecule has 23 heavy (non-hydrogen) atoms. The van der Waals surface area contributed by atoms with Crippen molar-refractivity contribution >= 4 is 5.91 Å². The van der Waals surface area contributed by atoms with Crippen LogP contribution in [0.15, 0.2) is 24.3 Å². The standard InChI is InChI=1S/C19H30N2O2/c1-15-7-9-16(10-8-15)17(20(2)3)18(22)21(4)14-13-19(23)11-5-6-12-19/h7-10,17,23H,5-6,11-14H2,1-4H3/t17-/m1/s1. The van der Waals surface area contributed by atoms with E-state index in [0.717, 1.165) is 31.2 Å². The van der Waals surface area contributed by atoms with Crippen molar-refractivity contribution in [1.29, 1.82) is 0 Å². The molecular weight excluding hydrogens is 288 g/mol. The monoisotopic (exact) mass is 318 g/mol. The number of carbonyl (C=O) groups excluding carboxylic acids is 1. The lowest BCUT2D eigenvalue weighted by molar-refractivity contribution is -0.135. The Morgan fingerprint density at radius 2 is 1.74 bits per heavy atom. The molecule has 1 fully saturated rings. The first kappa shape index (κ1) is 18.0. The first-order valence-electron chi connectivity index (χ1n) is 8.53. The molecule has 1 aliphatic carbocycles. The Morgan fingerprint density at radius 1 is 1.17 bits per heavy atom. The van der Waals surface area contributed by atoms with E-state index in [1.165, 1.54) is 5.56 Å². The molecule has 0 saturated heterocycles.